The second-order valence-electron chi connectivity index (χ2n) is 8.43. The van der Waals surface area contributed by atoms with Crippen molar-refractivity contribution in [1.82, 2.24) is 24.2 Å². The highest BCUT2D eigenvalue weighted by Crippen LogP contribution is 2.28. The minimum Gasteiger partial charge on any atom is -0.343 e. The second kappa shape index (κ2) is 9.24. The van der Waals surface area contributed by atoms with E-state index in [4.69, 9.17) is 11.6 Å². The minimum absolute atomic E-state index is 0.145. The molecule has 168 valence electrons. The topological polar surface area (TPSA) is 73.0 Å². The molecule has 9 heteroatoms. The molecule has 1 aliphatic rings. The Kier molecular flexibility index (Phi) is 6.41. The van der Waals surface area contributed by atoms with Crippen LogP contribution in [0.25, 0.3) is 17.1 Å². The lowest BCUT2D eigenvalue weighted by Crippen LogP contribution is -2.41. The Morgan fingerprint density at radius 1 is 1.19 bits per heavy atom. The van der Waals surface area contributed by atoms with Crippen LogP contribution in [0.4, 0.5) is 4.39 Å². The van der Waals surface area contributed by atoms with Crippen molar-refractivity contribution >= 4 is 17.5 Å². The number of hydrogen-bond donors (Lipinski definition) is 0. The lowest BCUT2D eigenvalue weighted by Gasteiger charge is -2.32. The van der Waals surface area contributed by atoms with E-state index in [1.165, 1.54) is 39.7 Å². The van der Waals surface area contributed by atoms with Crippen LogP contribution < -0.4 is 5.69 Å². The summed E-state index contributed by atoms with van der Waals surface area (Å²) in [4.78, 5) is 31.7. The van der Waals surface area contributed by atoms with E-state index in [-0.39, 0.29) is 17.6 Å². The molecule has 0 spiro atoms. The van der Waals surface area contributed by atoms with Crippen molar-refractivity contribution in [2.75, 3.05) is 13.1 Å². The SMILES string of the molecule is CC(C)CC(=O)N1CCC(n2nc(-c3ccncc3Cl)n(-c3ccc(F)cc3)c2=O)CC1. The molecule has 4 rings (SSSR count). The number of amides is 1. The first-order chi connectivity index (χ1) is 15.3. The summed E-state index contributed by atoms with van der Waals surface area (Å²) in [5.74, 6) is 0.428. The Labute approximate surface area is 190 Å². The molecule has 3 aromatic rings. The molecule has 1 saturated heterocycles. The predicted octanol–water partition coefficient (Wildman–Crippen LogP) is 4.10. The van der Waals surface area contributed by atoms with Gasteiger partial charge in [0.15, 0.2) is 5.82 Å². The third-order valence-electron chi connectivity index (χ3n) is 5.65. The summed E-state index contributed by atoms with van der Waals surface area (Å²) in [5, 5.41) is 5.00. The van der Waals surface area contributed by atoms with Gasteiger partial charge in [-0.1, -0.05) is 25.4 Å². The van der Waals surface area contributed by atoms with Crippen LogP contribution in [-0.4, -0.2) is 43.2 Å². The fraction of sp³-hybridized carbons (Fsp3) is 0.391. The summed E-state index contributed by atoms with van der Waals surface area (Å²) in [6, 6.07) is 7.22. The van der Waals surface area contributed by atoms with Crippen LogP contribution in [0.5, 0.6) is 0 Å². The number of carbonyl (C=O) groups excluding carboxylic acids is 1. The molecule has 0 bridgehead atoms. The van der Waals surface area contributed by atoms with Crippen molar-refractivity contribution in [1.29, 1.82) is 0 Å². The lowest BCUT2D eigenvalue weighted by molar-refractivity contribution is -0.133. The van der Waals surface area contributed by atoms with Crippen LogP contribution in [0.1, 0.15) is 39.2 Å². The van der Waals surface area contributed by atoms with Crippen molar-refractivity contribution in [3.8, 4) is 17.1 Å². The largest absolute Gasteiger partial charge is 0.351 e. The van der Waals surface area contributed by atoms with Crippen LogP contribution in [0, 0.1) is 11.7 Å². The highest BCUT2D eigenvalue weighted by Gasteiger charge is 2.28. The number of likely N-dealkylation sites (tertiary alicyclic amines) is 1. The van der Waals surface area contributed by atoms with Gasteiger partial charge in [0.1, 0.15) is 5.82 Å². The lowest BCUT2D eigenvalue weighted by atomic mass is 10.0. The van der Waals surface area contributed by atoms with Crippen molar-refractivity contribution < 1.29 is 9.18 Å². The van der Waals surface area contributed by atoms with Gasteiger partial charge in [-0.25, -0.2) is 18.4 Å². The monoisotopic (exact) mass is 457 g/mol. The molecule has 0 aliphatic carbocycles. The fourth-order valence-corrected chi connectivity index (χ4v) is 4.22. The van der Waals surface area contributed by atoms with E-state index in [2.05, 4.69) is 10.1 Å². The number of pyridine rings is 1. The smallest absolute Gasteiger partial charge is 0.343 e. The van der Waals surface area contributed by atoms with Crippen molar-refractivity contribution in [2.24, 2.45) is 5.92 Å². The van der Waals surface area contributed by atoms with Crippen molar-refractivity contribution in [3.05, 3.63) is 64.0 Å². The summed E-state index contributed by atoms with van der Waals surface area (Å²) >= 11 is 6.35. The van der Waals surface area contributed by atoms with Gasteiger partial charge < -0.3 is 4.90 Å². The molecule has 1 amide bonds. The summed E-state index contributed by atoms with van der Waals surface area (Å²) in [6.07, 6.45) is 4.86. The molecule has 2 aromatic heterocycles. The number of aromatic nitrogens is 4. The zero-order valence-electron chi connectivity index (χ0n) is 18.0. The first-order valence-electron chi connectivity index (χ1n) is 10.7. The summed E-state index contributed by atoms with van der Waals surface area (Å²) in [7, 11) is 0. The molecule has 0 N–H and O–H groups in total. The Bertz CT molecular complexity index is 1160. The average Bonchev–Trinajstić information content (AvgIpc) is 3.11. The Morgan fingerprint density at radius 3 is 2.50 bits per heavy atom. The summed E-state index contributed by atoms with van der Waals surface area (Å²) in [5.41, 5.74) is 0.730. The molecule has 0 saturated carbocycles. The first kappa shape index (κ1) is 22.2. The van der Waals surface area contributed by atoms with E-state index in [9.17, 15) is 14.0 Å². The number of halogens is 2. The van der Waals surface area contributed by atoms with Gasteiger partial charge in [0.2, 0.25) is 5.91 Å². The summed E-state index contributed by atoms with van der Waals surface area (Å²) < 4.78 is 16.4. The van der Waals surface area contributed by atoms with E-state index < -0.39 is 5.82 Å². The Balaban J connectivity index is 1.70. The van der Waals surface area contributed by atoms with E-state index >= 15 is 0 Å². The quantitative estimate of drug-likeness (QED) is 0.578. The number of hydrogen-bond acceptors (Lipinski definition) is 4. The van der Waals surface area contributed by atoms with E-state index in [1.807, 2.05) is 18.7 Å². The predicted molar refractivity (Wildman–Crippen MR) is 120 cm³/mol. The maximum atomic E-state index is 13.5. The molecule has 1 aliphatic heterocycles. The Morgan fingerprint density at radius 2 is 1.88 bits per heavy atom. The van der Waals surface area contributed by atoms with Crippen LogP contribution in [0.3, 0.4) is 0 Å². The maximum absolute atomic E-state index is 13.5. The number of piperidine rings is 1. The molecule has 1 fully saturated rings. The average molecular weight is 458 g/mol. The van der Waals surface area contributed by atoms with E-state index in [1.54, 1.807) is 12.3 Å². The van der Waals surface area contributed by atoms with Gasteiger partial charge in [0.25, 0.3) is 0 Å². The van der Waals surface area contributed by atoms with Gasteiger partial charge in [-0.2, -0.15) is 0 Å². The van der Waals surface area contributed by atoms with Gasteiger partial charge >= 0.3 is 5.69 Å². The van der Waals surface area contributed by atoms with Gasteiger partial charge in [0.05, 0.1) is 16.8 Å². The molecular weight excluding hydrogens is 433 g/mol. The standard InChI is InChI=1S/C23H25ClFN5O2/c1-15(2)13-21(31)28-11-8-18(9-12-28)30-23(32)29(17-5-3-16(25)4-6-17)22(27-30)19-7-10-26-14-20(19)24/h3-7,10,14-15,18H,8-9,11-13H2,1-2H3. The van der Waals surface area contributed by atoms with E-state index in [0.717, 1.165) is 0 Å². The van der Waals surface area contributed by atoms with Gasteiger partial charge in [-0.3, -0.25) is 9.78 Å². The third-order valence-corrected chi connectivity index (χ3v) is 5.95. The number of benzene rings is 1. The van der Waals surface area contributed by atoms with E-state index in [0.29, 0.717) is 60.4 Å². The molecule has 7 nitrogen and oxygen atoms in total. The molecule has 0 unspecified atom stereocenters. The molecule has 32 heavy (non-hydrogen) atoms. The van der Waals surface area contributed by atoms with Crippen LogP contribution in [-0.2, 0) is 4.79 Å². The molecule has 0 atom stereocenters. The molecule has 1 aromatic carbocycles. The number of carbonyl (C=O) groups is 1. The third kappa shape index (κ3) is 4.46. The molecular formula is C23H25ClFN5O2. The highest BCUT2D eigenvalue weighted by molar-refractivity contribution is 6.33. The van der Waals surface area contributed by atoms with Crippen LogP contribution >= 0.6 is 11.6 Å². The molecule has 0 radical (unpaired) electrons. The maximum Gasteiger partial charge on any atom is 0.351 e. The fourth-order valence-electron chi connectivity index (χ4n) is 4.01. The number of rotatable bonds is 5. The zero-order chi connectivity index (χ0) is 22.8. The zero-order valence-corrected chi connectivity index (χ0v) is 18.8. The second-order valence-corrected chi connectivity index (χ2v) is 8.84. The minimum atomic E-state index is -0.392. The van der Waals surface area contributed by atoms with Gasteiger partial charge in [-0.05, 0) is 49.1 Å². The van der Waals surface area contributed by atoms with Crippen LogP contribution in [0.2, 0.25) is 5.02 Å². The number of nitrogens with zero attached hydrogens (tertiary/aromatic N) is 5. The Hall–Kier alpha value is -3.00. The normalized spacial score (nSPS) is 14.8. The summed E-state index contributed by atoms with van der Waals surface area (Å²) in [6.45, 7) is 5.21. The van der Waals surface area contributed by atoms with Crippen molar-refractivity contribution in [3.63, 3.8) is 0 Å². The first-order valence-corrected chi connectivity index (χ1v) is 11.1. The highest BCUT2D eigenvalue weighted by atomic mass is 35.5. The van der Waals surface area contributed by atoms with Crippen LogP contribution in [0.15, 0.2) is 47.5 Å². The van der Waals surface area contributed by atoms with Gasteiger partial charge in [0, 0.05) is 37.5 Å². The van der Waals surface area contributed by atoms with Crippen molar-refractivity contribution in [2.45, 2.75) is 39.2 Å². The molecule has 3 heterocycles. The van der Waals surface area contributed by atoms with Gasteiger partial charge in [-0.15, -0.1) is 5.10 Å².